The Morgan fingerprint density at radius 1 is 1.33 bits per heavy atom. The zero-order valence-corrected chi connectivity index (χ0v) is 11.1. The summed E-state index contributed by atoms with van der Waals surface area (Å²) in [6, 6.07) is -1.70. The van der Waals surface area contributed by atoms with E-state index >= 15 is 0 Å². The molecule has 1 atom stereocenters. The lowest BCUT2D eigenvalue weighted by molar-refractivity contribution is -0.202. The van der Waals surface area contributed by atoms with E-state index in [1.807, 2.05) is 6.92 Å². The summed E-state index contributed by atoms with van der Waals surface area (Å²) in [5.41, 5.74) is 0. The van der Waals surface area contributed by atoms with Crippen LogP contribution in [0.1, 0.15) is 33.6 Å². The van der Waals surface area contributed by atoms with Gasteiger partial charge in [0.2, 0.25) is 5.91 Å². The standard InChI is InChI=1S/C12H21F3N2O/c1-4-5-11(18)16-6-7-17(9(2)3)10(8-16)12(13,14)15/h9-10H,4-8H2,1-3H3. The van der Waals surface area contributed by atoms with Gasteiger partial charge < -0.3 is 4.90 Å². The van der Waals surface area contributed by atoms with Crippen LogP contribution in [0.2, 0.25) is 0 Å². The van der Waals surface area contributed by atoms with Crippen LogP contribution in [0.5, 0.6) is 0 Å². The molecule has 0 bridgehead atoms. The molecule has 1 heterocycles. The van der Waals surface area contributed by atoms with Gasteiger partial charge >= 0.3 is 6.18 Å². The number of piperazine rings is 1. The van der Waals surface area contributed by atoms with Crippen LogP contribution < -0.4 is 0 Å². The molecule has 106 valence electrons. The van der Waals surface area contributed by atoms with Crippen molar-refractivity contribution in [1.29, 1.82) is 0 Å². The van der Waals surface area contributed by atoms with Gasteiger partial charge in [0, 0.05) is 32.1 Å². The SMILES string of the molecule is CCCC(=O)N1CCN(C(C)C)C(C(F)(F)F)C1. The summed E-state index contributed by atoms with van der Waals surface area (Å²) in [4.78, 5) is 14.5. The first-order valence-corrected chi connectivity index (χ1v) is 6.37. The molecule has 1 fully saturated rings. The van der Waals surface area contributed by atoms with Gasteiger partial charge in [-0.1, -0.05) is 6.92 Å². The van der Waals surface area contributed by atoms with E-state index in [4.69, 9.17) is 0 Å². The van der Waals surface area contributed by atoms with Crippen LogP contribution >= 0.6 is 0 Å². The van der Waals surface area contributed by atoms with Crippen LogP contribution in [0, 0.1) is 0 Å². The molecule has 0 aromatic carbocycles. The Hall–Kier alpha value is -0.780. The number of amides is 1. The van der Waals surface area contributed by atoms with Crippen LogP contribution in [0.15, 0.2) is 0 Å². The van der Waals surface area contributed by atoms with E-state index in [9.17, 15) is 18.0 Å². The zero-order valence-electron chi connectivity index (χ0n) is 11.1. The van der Waals surface area contributed by atoms with Crippen molar-refractivity contribution in [3.05, 3.63) is 0 Å². The van der Waals surface area contributed by atoms with Crippen molar-refractivity contribution in [2.75, 3.05) is 19.6 Å². The van der Waals surface area contributed by atoms with Crippen LogP contribution in [-0.2, 0) is 4.79 Å². The average Bonchev–Trinajstić information content (AvgIpc) is 2.27. The Kier molecular flexibility index (Phi) is 5.01. The first kappa shape index (κ1) is 15.3. The molecule has 1 amide bonds. The third kappa shape index (κ3) is 3.60. The molecule has 18 heavy (non-hydrogen) atoms. The van der Waals surface area contributed by atoms with Crippen molar-refractivity contribution >= 4 is 5.91 Å². The Morgan fingerprint density at radius 3 is 2.39 bits per heavy atom. The number of rotatable bonds is 3. The number of halogens is 3. The summed E-state index contributed by atoms with van der Waals surface area (Å²) >= 11 is 0. The molecule has 1 aliphatic heterocycles. The Labute approximate surface area is 106 Å². The van der Waals surface area contributed by atoms with Gasteiger partial charge in [-0.25, -0.2) is 0 Å². The molecule has 0 saturated carbocycles. The molecule has 0 aliphatic carbocycles. The van der Waals surface area contributed by atoms with Crippen molar-refractivity contribution in [2.45, 2.75) is 51.9 Å². The van der Waals surface area contributed by atoms with Gasteiger partial charge in [0.1, 0.15) is 6.04 Å². The van der Waals surface area contributed by atoms with E-state index in [1.165, 1.54) is 9.80 Å². The minimum Gasteiger partial charge on any atom is -0.339 e. The number of alkyl halides is 3. The predicted octanol–water partition coefficient (Wildman–Crippen LogP) is 2.27. The van der Waals surface area contributed by atoms with E-state index < -0.39 is 12.2 Å². The second-order valence-electron chi connectivity index (χ2n) is 4.98. The molecule has 1 unspecified atom stereocenters. The highest BCUT2D eigenvalue weighted by molar-refractivity contribution is 5.76. The van der Waals surface area contributed by atoms with Crippen LogP contribution in [0.4, 0.5) is 13.2 Å². The fraction of sp³-hybridized carbons (Fsp3) is 0.917. The smallest absolute Gasteiger partial charge is 0.339 e. The molecular weight excluding hydrogens is 245 g/mol. The minimum atomic E-state index is -4.28. The van der Waals surface area contributed by atoms with Gasteiger partial charge in [0.05, 0.1) is 0 Å². The van der Waals surface area contributed by atoms with Gasteiger partial charge in [-0.3, -0.25) is 9.69 Å². The Morgan fingerprint density at radius 2 is 1.94 bits per heavy atom. The largest absolute Gasteiger partial charge is 0.405 e. The molecule has 3 nitrogen and oxygen atoms in total. The molecule has 1 saturated heterocycles. The molecule has 0 radical (unpaired) electrons. The molecule has 0 spiro atoms. The van der Waals surface area contributed by atoms with E-state index in [2.05, 4.69) is 0 Å². The average molecular weight is 266 g/mol. The minimum absolute atomic E-state index is 0.167. The van der Waals surface area contributed by atoms with Gasteiger partial charge in [-0.2, -0.15) is 13.2 Å². The Balaban J connectivity index is 2.77. The first-order valence-electron chi connectivity index (χ1n) is 6.37. The van der Waals surface area contributed by atoms with Crippen molar-refractivity contribution in [2.24, 2.45) is 0 Å². The normalized spacial score (nSPS) is 22.6. The van der Waals surface area contributed by atoms with Gasteiger partial charge in [-0.15, -0.1) is 0 Å². The van der Waals surface area contributed by atoms with Crippen molar-refractivity contribution in [3.8, 4) is 0 Å². The fourth-order valence-corrected chi connectivity index (χ4v) is 2.31. The first-order chi connectivity index (χ1) is 8.27. The summed E-state index contributed by atoms with van der Waals surface area (Å²) in [5.74, 6) is -0.171. The summed E-state index contributed by atoms with van der Waals surface area (Å²) in [6.07, 6.45) is -3.29. The molecule has 1 aliphatic rings. The molecule has 0 N–H and O–H groups in total. The van der Waals surface area contributed by atoms with E-state index in [-0.39, 0.29) is 25.0 Å². The molecule has 0 aromatic heterocycles. The van der Waals surface area contributed by atoms with Gasteiger partial charge in [0.25, 0.3) is 0 Å². The van der Waals surface area contributed by atoms with Crippen LogP contribution in [0.25, 0.3) is 0 Å². The number of hydrogen-bond donors (Lipinski definition) is 0. The van der Waals surface area contributed by atoms with Gasteiger partial charge in [0.15, 0.2) is 0 Å². The molecule has 6 heteroatoms. The summed E-state index contributed by atoms with van der Waals surface area (Å²) in [7, 11) is 0. The van der Waals surface area contributed by atoms with Crippen molar-refractivity contribution < 1.29 is 18.0 Å². The highest BCUT2D eigenvalue weighted by atomic mass is 19.4. The summed E-state index contributed by atoms with van der Waals surface area (Å²) in [6.45, 7) is 5.80. The van der Waals surface area contributed by atoms with E-state index in [0.29, 0.717) is 19.4 Å². The third-order valence-electron chi connectivity index (χ3n) is 3.28. The lowest BCUT2D eigenvalue weighted by atomic mass is 10.1. The maximum atomic E-state index is 13.0. The van der Waals surface area contributed by atoms with Crippen molar-refractivity contribution in [1.82, 2.24) is 9.80 Å². The zero-order chi connectivity index (χ0) is 13.9. The maximum Gasteiger partial charge on any atom is 0.405 e. The summed E-state index contributed by atoms with van der Waals surface area (Å²) < 4.78 is 39.0. The number of hydrogen-bond acceptors (Lipinski definition) is 2. The lowest BCUT2D eigenvalue weighted by Gasteiger charge is -2.44. The second kappa shape index (κ2) is 5.91. The molecular formula is C12H21F3N2O. The van der Waals surface area contributed by atoms with Crippen LogP contribution in [0.3, 0.4) is 0 Å². The molecule has 1 rings (SSSR count). The quantitative estimate of drug-likeness (QED) is 0.782. The van der Waals surface area contributed by atoms with E-state index in [1.54, 1.807) is 13.8 Å². The van der Waals surface area contributed by atoms with Crippen molar-refractivity contribution in [3.63, 3.8) is 0 Å². The number of nitrogens with zero attached hydrogens (tertiary/aromatic N) is 2. The monoisotopic (exact) mass is 266 g/mol. The topological polar surface area (TPSA) is 23.6 Å². The predicted molar refractivity (Wildman–Crippen MR) is 63.2 cm³/mol. The number of carbonyl (C=O) groups is 1. The Bertz CT molecular complexity index is 292. The fourth-order valence-electron chi connectivity index (χ4n) is 2.31. The van der Waals surface area contributed by atoms with E-state index in [0.717, 1.165) is 0 Å². The maximum absolute atomic E-state index is 13.0. The van der Waals surface area contributed by atoms with Crippen LogP contribution in [-0.4, -0.2) is 53.6 Å². The third-order valence-corrected chi connectivity index (χ3v) is 3.28. The lowest BCUT2D eigenvalue weighted by Crippen LogP contribution is -2.61. The highest BCUT2D eigenvalue weighted by Gasteiger charge is 2.47. The van der Waals surface area contributed by atoms with Gasteiger partial charge in [-0.05, 0) is 20.3 Å². The number of carbonyl (C=O) groups excluding carboxylic acids is 1. The molecule has 0 aromatic rings. The second-order valence-corrected chi connectivity index (χ2v) is 4.98. The highest BCUT2D eigenvalue weighted by Crippen LogP contribution is 2.29. The summed E-state index contributed by atoms with van der Waals surface area (Å²) in [5, 5.41) is 0.